The summed E-state index contributed by atoms with van der Waals surface area (Å²) in [6, 6.07) is 8.14. The molecule has 0 aliphatic rings. The van der Waals surface area contributed by atoms with Gasteiger partial charge in [0.2, 0.25) is 0 Å². The highest BCUT2D eigenvalue weighted by molar-refractivity contribution is 5.78. The second-order valence-corrected chi connectivity index (χ2v) is 4.45. The van der Waals surface area contributed by atoms with Gasteiger partial charge in [0, 0.05) is 25.5 Å². The van der Waals surface area contributed by atoms with Gasteiger partial charge in [0.05, 0.1) is 18.6 Å². The molecule has 0 aliphatic heterocycles. The first-order valence-electron chi connectivity index (χ1n) is 6.87. The number of nitrogens with zero attached hydrogens (tertiary/aromatic N) is 4. The molecule has 0 radical (unpaired) electrons. The van der Waals surface area contributed by atoms with Gasteiger partial charge in [-0.05, 0) is 25.5 Å². The van der Waals surface area contributed by atoms with Crippen molar-refractivity contribution in [1.82, 2.24) is 14.5 Å². The number of aliphatic imine (C=N–C) groups is 1. The summed E-state index contributed by atoms with van der Waals surface area (Å²) in [5.41, 5.74) is 8.22. The molecule has 5 nitrogen and oxygen atoms in total. The molecule has 1 aromatic heterocycles. The van der Waals surface area contributed by atoms with Crippen molar-refractivity contribution < 1.29 is 0 Å². The highest BCUT2D eigenvalue weighted by atomic mass is 15.2. The Balaban J connectivity index is 2.20. The number of imidazole rings is 1. The molecule has 0 saturated carbocycles. The molecule has 0 spiro atoms. The first-order valence-corrected chi connectivity index (χ1v) is 6.87. The molecule has 1 heterocycles. The highest BCUT2D eigenvalue weighted by Crippen LogP contribution is 2.15. The van der Waals surface area contributed by atoms with Crippen molar-refractivity contribution >= 4 is 5.96 Å². The summed E-state index contributed by atoms with van der Waals surface area (Å²) >= 11 is 0. The molecule has 0 aliphatic carbocycles. The fourth-order valence-corrected chi connectivity index (χ4v) is 2.11. The van der Waals surface area contributed by atoms with Crippen molar-refractivity contribution in [2.24, 2.45) is 10.7 Å². The van der Waals surface area contributed by atoms with Crippen molar-refractivity contribution in [3.63, 3.8) is 0 Å². The molecule has 5 heteroatoms. The number of para-hydroxylation sites is 1. The van der Waals surface area contributed by atoms with E-state index in [9.17, 15) is 0 Å². The topological polar surface area (TPSA) is 59.4 Å². The lowest BCUT2D eigenvalue weighted by Crippen LogP contribution is -2.37. The zero-order chi connectivity index (χ0) is 14.4. The zero-order valence-electron chi connectivity index (χ0n) is 12.0. The molecule has 0 atom stereocenters. The molecule has 0 saturated heterocycles. The SMILES string of the molecule is CCN(CC)C(N)=NCc1ccccc1-n1ccnc1. The summed E-state index contributed by atoms with van der Waals surface area (Å²) < 4.78 is 1.98. The van der Waals surface area contributed by atoms with Gasteiger partial charge in [-0.25, -0.2) is 9.98 Å². The van der Waals surface area contributed by atoms with Gasteiger partial charge >= 0.3 is 0 Å². The van der Waals surface area contributed by atoms with Gasteiger partial charge in [0.25, 0.3) is 0 Å². The molecule has 2 aromatic rings. The first-order chi connectivity index (χ1) is 9.76. The predicted molar refractivity (Wildman–Crippen MR) is 81.8 cm³/mol. The Bertz CT molecular complexity index is 555. The third-order valence-corrected chi connectivity index (χ3v) is 3.27. The summed E-state index contributed by atoms with van der Waals surface area (Å²) in [5, 5.41) is 0. The molecule has 1 aromatic carbocycles. The molecule has 0 unspecified atom stereocenters. The maximum Gasteiger partial charge on any atom is 0.191 e. The second kappa shape index (κ2) is 6.75. The van der Waals surface area contributed by atoms with Crippen LogP contribution in [0.4, 0.5) is 0 Å². The van der Waals surface area contributed by atoms with Gasteiger partial charge in [-0.15, -0.1) is 0 Å². The molecular formula is C15H21N5. The number of rotatable bonds is 5. The number of hydrogen-bond donors (Lipinski definition) is 1. The van der Waals surface area contributed by atoms with E-state index in [2.05, 4.69) is 36.0 Å². The molecule has 0 fully saturated rings. The lowest BCUT2D eigenvalue weighted by Gasteiger charge is -2.19. The van der Waals surface area contributed by atoms with Gasteiger partial charge in [0.1, 0.15) is 0 Å². The summed E-state index contributed by atoms with van der Waals surface area (Å²) in [6.07, 6.45) is 5.48. The van der Waals surface area contributed by atoms with E-state index in [-0.39, 0.29) is 0 Å². The van der Waals surface area contributed by atoms with Crippen LogP contribution in [0, 0.1) is 0 Å². The van der Waals surface area contributed by atoms with Crippen LogP contribution in [0.15, 0.2) is 48.0 Å². The zero-order valence-corrected chi connectivity index (χ0v) is 12.0. The quantitative estimate of drug-likeness (QED) is 0.668. The number of hydrogen-bond acceptors (Lipinski definition) is 2. The smallest absolute Gasteiger partial charge is 0.191 e. The Hall–Kier alpha value is -2.30. The largest absolute Gasteiger partial charge is 0.370 e. The Morgan fingerprint density at radius 1 is 1.30 bits per heavy atom. The Labute approximate surface area is 119 Å². The average Bonchev–Trinajstić information content (AvgIpc) is 3.01. The van der Waals surface area contributed by atoms with Gasteiger partial charge in [-0.3, -0.25) is 0 Å². The minimum absolute atomic E-state index is 0.566. The summed E-state index contributed by atoms with van der Waals surface area (Å²) in [6.45, 7) is 6.46. The molecule has 2 N–H and O–H groups in total. The Morgan fingerprint density at radius 3 is 2.70 bits per heavy atom. The van der Waals surface area contributed by atoms with Crippen LogP contribution in [-0.4, -0.2) is 33.5 Å². The minimum atomic E-state index is 0.566. The third-order valence-electron chi connectivity index (χ3n) is 3.27. The molecule has 0 bridgehead atoms. The van der Waals surface area contributed by atoms with E-state index >= 15 is 0 Å². The number of aromatic nitrogens is 2. The maximum absolute atomic E-state index is 6.01. The van der Waals surface area contributed by atoms with Gasteiger partial charge in [-0.1, -0.05) is 18.2 Å². The van der Waals surface area contributed by atoms with Crippen LogP contribution in [0.3, 0.4) is 0 Å². The Morgan fingerprint density at radius 2 is 2.05 bits per heavy atom. The van der Waals surface area contributed by atoms with Gasteiger partial charge in [0.15, 0.2) is 5.96 Å². The average molecular weight is 271 g/mol. The molecule has 20 heavy (non-hydrogen) atoms. The standard InChI is InChI=1S/C15H21N5/c1-3-19(4-2)15(16)18-11-13-7-5-6-8-14(13)20-10-9-17-12-20/h5-10,12H,3-4,11H2,1-2H3,(H2,16,18). The molecule has 0 amide bonds. The second-order valence-electron chi connectivity index (χ2n) is 4.45. The maximum atomic E-state index is 6.01. The molecular weight excluding hydrogens is 250 g/mol. The van der Waals surface area contributed by atoms with Gasteiger partial charge < -0.3 is 15.2 Å². The van der Waals surface area contributed by atoms with E-state index in [0.29, 0.717) is 12.5 Å². The Kier molecular flexibility index (Phi) is 4.76. The van der Waals surface area contributed by atoms with Gasteiger partial charge in [-0.2, -0.15) is 0 Å². The molecule has 106 valence electrons. The van der Waals surface area contributed by atoms with E-state index in [4.69, 9.17) is 5.73 Å². The first kappa shape index (κ1) is 14.1. The van der Waals surface area contributed by atoms with Crippen molar-refractivity contribution in [1.29, 1.82) is 0 Å². The monoisotopic (exact) mass is 271 g/mol. The summed E-state index contributed by atoms with van der Waals surface area (Å²) in [4.78, 5) is 10.6. The lowest BCUT2D eigenvalue weighted by atomic mass is 10.2. The van der Waals surface area contributed by atoms with Crippen molar-refractivity contribution in [2.45, 2.75) is 20.4 Å². The van der Waals surface area contributed by atoms with Crippen molar-refractivity contribution in [3.05, 3.63) is 48.5 Å². The van der Waals surface area contributed by atoms with Crippen LogP contribution >= 0.6 is 0 Å². The minimum Gasteiger partial charge on any atom is -0.370 e. The van der Waals surface area contributed by atoms with E-state index in [1.165, 1.54) is 0 Å². The van der Waals surface area contributed by atoms with E-state index in [1.54, 1.807) is 12.5 Å². The van der Waals surface area contributed by atoms with Crippen LogP contribution in [0.1, 0.15) is 19.4 Å². The fraction of sp³-hybridized carbons (Fsp3) is 0.333. The van der Waals surface area contributed by atoms with Crippen LogP contribution in [0.2, 0.25) is 0 Å². The predicted octanol–water partition coefficient (Wildman–Crippen LogP) is 2.03. The van der Waals surface area contributed by atoms with Crippen LogP contribution < -0.4 is 5.73 Å². The number of benzene rings is 1. The normalized spacial score (nSPS) is 11.6. The fourth-order valence-electron chi connectivity index (χ4n) is 2.11. The van der Waals surface area contributed by atoms with E-state index in [0.717, 1.165) is 24.3 Å². The van der Waals surface area contributed by atoms with Crippen molar-refractivity contribution in [2.75, 3.05) is 13.1 Å². The van der Waals surface area contributed by atoms with Crippen LogP contribution in [0.25, 0.3) is 5.69 Å². The summed E-state index contributed by atoms with van der Waals surface area (Å²) in [7, 11) is 0. The number of guanidine groups is 1. The van der Waals surface area contributed by atoms with Crippen molar-refractivity contribution in [3.8, 4) is 5.69 Å². The van der Waals surface area contributed by atoms with Crippen LogP contribution in [0.5, 0.6) is 0 Å². The summed E-state index contributed by atoms with van der Waals surface area (Å²) in [5.74, 6) is 0.593. The third kappa shape index (κ3) is 3.17. The highest BCUT2D eigenvalue weighted by Gasteiger charge is 2.05. The van der Waals surface area contributed by atoms with E-state index in [1.807, 2.05) is 27.8 Å². The van der Waals surface area contributed by atoms with Crippen LogP contribution in [-0.2, 0) is 6.54 Å². The number of nitrogens with two attached hydrogens (primary N) is 1. The molecule has 2 rings (SSSR count). The lowest BCUT2D eigenvalue weighted by molar-refractivity contribution is 0.458. The van der Waals surface area contributed by atoms with E-state index < -0.39 is 0 Å².